The van der Waals surface area contributed by atoms with Crippen LogP contribution in [0.3, 0.4) is 0 Å². The number of hydrogen-bond donors (Lipinski definition) is 2. The van der Waals surface area contributed by atoms with Gasteiger partial charge < -0.3 is 9.88 Å². The molecule has 1 unspecified atom stereocenters. The summed E-state index contributed by atoms with van der Waals surface area (Å²) in [5.74, 6) is 0.507. The molecule has 7 nitrogen and oxygen atoms in total. The molecular weight excluding hydrogens is 338 g/mol. The third-order valence-electron chi connectivity index (χ3n) is 5.05. The van der Waals surface area contributed by atoms with Crippen molar-refractivity contribution < 1.29 is 4.79 Å². The van der Waals surface area contributed by atoms with Gasteiger partial charge in [-0.15, -0.1) is 11.3 Å². The molecule has 0 bridgehead atoms. The van der Waals surface area contributed by atoms with Gasteiger partial charge in [0.05, 0.1) is 29.9 Å². The number of aromatic amines is 2. The maximum Gasteiger partial charge on any atom is 0.268 e. The summed E-state index contributed by atoms with van der Waals surface area (Å²) in [6.07, 6.45) is 5.54. The Bertz CT molecular complexity index is 1020. The Labute approximate surface area is 147 Å². The molecule has 3 aromatic heterocycles. The molecule has 3 heterocycles. The van der Waals surface area contributed by atoms with E-state index in [1.165, 1.54) is 11.3 Å². The maximum atomic E-state index is 13.2. The van der Waals surface area contributed by atoms with Crippen LogP contribution in [0.5, 0.6) is 0 Å². The van der Waals surface area contributed by atoms with Crippen molar-refractivity contribution in [3.63, 3.8) is 0 Å². The van der Waals surface area contributed by atoms with Crippen LogP contribution in [0.15, 0.2) is 22.4 Å². The highest BCUT2D eigenvalue weighted by Crippen LogP contribution is 2.36. The Morgan fingerprint density at radius 1 is 1.36 bits per heavy atom. The lowest BCUT2D eigenvalue weighted by Gasteiger charge is -2.25. The SMILES string of the molecule is O=C(C1CCc2cn[nH]c21)N(Cc1nc2ccsc2c(=O)[nH]1)C1CC1. The molecule has 0 saturated heterocycles. The third kappa shape index (κ3) is 2.48. The number of thiophene rings is 1. The first-order chi connectivity index (χ1) is 12.2. The second-order valence-corrected chi connectivity index (χ2v) is 7.66. The van der Waals surface area contributed by atoms with E-state index in [1.807, 2.05) is 22.5 Å². The standard InChI is InChI=1S/C17H17N5O2S/c23-16-15-12(5-6-25-15)19-13(20-16)8-22(10-2-3-10)17(24)11-4-1-9-7-18-21-14(9)11/h5-7,10-11H,1-4,8H2,(H,18,21)(H,19,20,23). The highest BCUT2D eigenvalue weighted by Gasteiger charge is 2.39. The van der Waals surface area contributed by atoms with Crippen LogP contribution in [-0.4, -0.2) is 37.0 Å². The van der Waals surface area contributed by atoms with Crippen LogP contribution in [0.1, 0.15) is 42.3 Å². The van der Waals surface area contributed by atoms with Gasteiger partial charge in [0.1, 0.15) is 10.5 Å². The van der Waals surface area contributed by atoms with Gasteiger partial charge in [0.25, 0.3) is 5.56 Å². The van der Waals surface area contributed by atoms with Crippen LogP contribution >= 0.6 is 11.3 Å². The minimum absolute atomic E-state index is 0.110. The van der Waals surface area contributed by atoms with Gasteiger partial charge in [-0.3, -0.25) is 14.7 Å². The van der Waals surface area contributed by atoms with E-state index < -0.39 is 0 Å². The van der Waals surface area contributed by atoms with Crippen LogP contribution in [0.25, 0.3) is 10.2 Å². The molecule has 2 N–H and O–H groups in total. The first kappa shape index (κ1) is 14.8. The first-order valence-corrected chi connectivity index (χ1v) is 9.37. The number of carbonyl (C=O) groups excluding carboxylic acids is 1. The van der Waals surface area contributed by atoms with Crippen molar-refractivity contribution in [1.29, 1.82) is 0 Å². The molecule has 0 aromatic carbocycles. The van der Waals surface area contributed by atoms with Gasteiger partial charge in [-0.25, -0.2) is 4.98 Å². The van der Waals surface area contributed by atoms with Crippen molar-refractivity contribution in [1.82, 2.24) is 25.1 Å². The highest BCUT2D eigenvalue weighted by molar-refractivity contribution is 7.17. The highest BCUT2D eigenvalue weighted by atomic mass is 32.1. The Kier molecular flexibility index (Phi) is 3.27. The average molecular weight is 355 g/mol. The maximum absolute atomic E-state index is 13.2. The zero-order valence-corrected chi connectivity index (χ0v) is 14.3. The molecule has 0 aliphatic heterocycles. The summed E-state index contributed by atoms with van der Waals surface area (Å²) in [6, 6.07) is 2.10. The summed E-state index contributed by atoms with van der Waals surface area (Å²) in [5, 5.41) is 8.91. The molecule has 1 atom stereocenters. The number of carbonyl (C=O) groups is 1. The number of aromatic nitrogens is 4. The fourth-order valence-corrected chi connectivity index (χ4v) is 4.37. The van der Waals surface area contributed by atoms with Crippen molar-refractivity contribution >= 4 is 27.5 Å². The fourth-order valence-electron chi connectivity index (χ4n) is 3.64. The number of nitrogens with zero attached hydrogens (tertiary/aromatic N) is 3. The number of fused-ring (bicyclic) bond motifs is 2. The lowest BCUT2D eigenvalue weighted by Crippen LogP contribution is -2.37. The van der Waals surface area contributed by atoms with Crippen LogP contribution in [0.2, 0.25) is 0 Å². The average Bonchev–Trinajstić information content (AvgIpc) is 2.98. The molecule has 1 amide bonds. The Morgan fingerprint density at radius 3 is 3.08 bits per heavy atom. The molecule has 3 aromatic rings. The largest absolute Gasteiger partial charge is 0.332 e. The van der Waals surface area contributed by atoms with Gasteiger partial charge in [0.2, 0.25) is 5.91 Å². The van der Waals surface area contributed by atoms with Crippen LogP contribution in [0, 0.1) is 0 Å². The molecule has 2 aliphatic carbocycles. The first-order valence-electron chi connectivity index (χ1n) is 8.50. The molecule has 5 rings (SSSR count). The van der Waals surface area contributed by atoms with Crippen LogP contribution in [0.4, 0.5) is 0 Å². The molecule has 128 valence electrons. The summed E-state index contributed by atoms with van der Waals surface area (Å²) < 4.78 is 0.631. The lowest BCUT2D eigenvalue weighted by molar-refractivity contribution is -0.134. The zero-order chi connectivity index (χ0) is 17.0. The van der Waals surface area contributed by atoms with E-state index in [1.54, 1.807) is 0 Å². The normalized spacial score (nSPS) is 19.3. The monoisotopic (exact) mass is 355 g/mol. The number of nitrogens with one attached hydrogen (secondary N) is 2. The number of hydrogen-bond acceptors (Lipinski definition) is 5. The van der Waals surface area contributed by atoms with Crippen LogP contribution in [-0.2, 0) is 17.8 Å². The van der Waals surface area contributed by atoms with Crippen molar-refractivity contribution in [2.75, 3.05) is 0 Å². The Morgan fingerprint density at radius 2 is 2.24 bits per heavy atom. The van der Waals surface area contributed by atoms with Gasteiger partial charge in [-0.1, -0.05) is 0 Å². The van der Waals surface area contributed by atoms with E-state index >= 15 is 0 Å². The third-order valence-corrected chi connectivity index (χ3v) is 5.96. The fraction of sp³-hybridized carbons (Fsp3) is 0.412. The minimum atomic E-state index is -0.158. The molecule has 0 radical (unpaired) electrons. The van der Waals surface area contributed by atoms with Crippen molar-refractivity contribution in [2.45, 2.75) is 44.2 Å². The van der Waals surface area contributed by atoms with E-state index in [-0.39, 0.29) is 23.4 Å². The smallest absolute Gasteiger partial charge is 0.268 e. The quantitative estimate of drug-likeness (QED) is 0.748. The molecule has 1 saturated carbocycles. The Balaban J connectivity index is 1.45. The number of rotatable bonds is 4. The molecular formula is C17H17N5O2S. The molecule has 1 fully saturated rings. The number of H-pyrrole nitrogens is 2. The van der Waals surface area contributed by atoms with Gasteiger partial charge in [-0.05, 0) is 42.7 Å². The Hall–Kier alpha value is -2.48. The summed E-state index contributed by atoms with van der Waals surface area (Å²) in [4.78, 5) is 34.6. The van der Waals surface area contributed by atoms with E-state index in [0.29, 0.717) is 22.6 Å². The second kappa shape index (κ2) is 5.52. The number of amides is 1. The van der Waals surface area contributed by atoms with E-state index in [0.717, 1.165) is 36.9 Å². The van der Waals surface area contributed by atoms with Gasteiger partial charge >= 0.3 is 0 Å². The summed E-state index contributed by atoms with van der Waals surface area (Å²) >= 11 is 1.38. The summed E-state index contributed by atoms with van der Waals surface area (Å²) in [7, 11) is 0. The van der Waals surface area contributed by atoms with E-state index in [9.17, 15) is 9.59 Å². The van der Waals surface area contributed by atoms with Gasteiger partial charge in [0.15, 0.2) is 0 Å². The topological polar surface area (TPSA) is 94.7 Å². The molecule has 2 aliphatic rings. The van der Waals surface area contributed by atoms with Crippen molar-refractivity contribution in [3.8, 4) is 0 Å². The van der Waals surface area contributed by atoms with Gasteiger partial charge in [0, 0.05) is 6.04 Å². The molecule has 8 heteroatoms. The molecule has 25 heavy (non-hydrogen) atoms. The minimum Gasteiger partial charge on any atom is -0.332 e. The van der Waals surface area contributed by atoms with Crippen molar-refractivity contribution in [2.24, 2.45) is 0 Å². The summed E-state index contributed by atoms with van der Waals surface area (Å²) in [6.45, 7) is 0.352. The lowest BCUT2D eigenvalue weighted by atomic mass is 10.1. The zero-order valence-electron chi connectivity index (χ0n) is 13.5. The van der Waals surface area contributed by atoms with E-state index in [4.69, 9.17) is 0 Å². The van der Waals surface area contributed by atoms with Gasteiger partial charge in [-0.2, -0.15) is 5.10 Å². The second-order valence-electron chi connectivity index (χ2n) is 6.75. The van der Waals surface area contributed by atoms with E-state index in [2.05, 4.69) is 20.2 Å². The molecule has 0 spiro atoms. The number of aryl methyl sites for hydroxylation is 1. The predicted molar refractivity (Wildman–Crippen MR) is 93.5 cm³/mol. The summed E-state index contributed by atoms with van der Waals surface area (Å²) in [5.41, 5.74) is 2.66. The van der Waals surface area contributed by atoms with Crippen molar-refractivity contribution in [3.05, 3.63) is 45.1 Å². The van der Waals surface area contributed by atoms with Crippen LogP contribution < -0.4 is 5.56 Å². The predicted octanol–water partition coefficient (Wildman–Crippen LogP) is 1.93.